The Morgan fingerprint density at radius 2 is 1.79 bits per heavy atom. The van der Waals surface area contributed by atoms with Crippen molar-refractivity contribution in [1.29, 1.82) is 0 Å². The highest BCUT2D eigenvalue weighted by Crippen LogP contribution is 2.14. The van der Waals surface area contributed by atoms with Gasteiger partial charge in [0.05, 0.1) is 5.69 Å². The number of hydrogen-bond donors (Lipinski definition) is 0. The van der Waals surface area contributed by atoms with E-state index in [1.54, 1.807) is 28.7 Å². The summed E-state index contributed by atoms with van der Waals surface area (Å²) in [5.74, 6) is 0. The van der Waals surface area contributed by atoms with Gasteiger partial charge in [-0.25, -0.2) is 9.67 Å². The first-order valence-corrected chi connectivity index (χ1v) is 8.97. The Kier molecular flexibility index (Phi) is 5.74. The predicted molar refractivity (Wildman–Crippen MR) is 98.3 cm³/mol. The average molecular weight is 341 g/mol. The minimum absolute atomic E-state index is 0.946. The summed E-state index contributed by atoms with van der Waals surface area (Å²) < 4.78 is 1.78. The highest BCUT2D eigenvalue weighted by Gasteiger charge is 2.09. The summed E-state index contributed by atoms with van der Waals surface area (Å²) in [6.07, 6.45) is 3.27. The molecule has 1 aromatic carbocycles. The molecular weight excluding hydrogens is 318 g/mol. The van der Waals surface area contributed by atoms with Gasteiger partial charge in [0.15, 0.2) is 0 Å². The number of aromatic nitrogens is 3. The van der Waals surface area contributed by atoms with Gasteiger partial charge in [0.25, 0.3) is 0 Å². The van der Waals surface area contributed by atoms with Crippen molar-refractivity contribution in [3.8, 4) is 5.69 Å². The van der Waals surface area contributed by atoms with Crippen LogP contribution in [0.25, 0.3) is 5.69 Å². The maximum absolute atomic E-state index is 4.17. The lowest BCUT2D eigenvalue weighted by Crippen LogP contribution is -2.31. The molecular formula is C18H23N5S. The molecule has 0 saturated carbocycles. The molecule has 2 heterocycles. The van der Waals surface area contributed by atoms with E-state index in [1.165, 1.54) is 11.1 Å². The van der Waals surface area contributed by atoms with Gasteiger partial charge in [-0.2, -0.15) is 16.4 Å². The fourth-order valence-electron chi connectivity index (χ4n) is 2.55. The van der Waals surface area contributed by atoms with Gasteiger partial charge in [0.2, 0.25) is 0 Å². The third-order valence-corrected chi connectivity index (χ3v) is 4.61. The number of thiophene rings is 1. The monoisotopic (exact) mass is 341 g/mol. The topological polar surface area (TPSA) is 37.2 Å². The van der Waals surface area contributed by atoms with Crippen molar-refractivity contribution in [3.63, 3.8) is 0 Å². The van der Waals surface area contributed by atoms with E-state index in [0.29, 0.717) is 0 Å². The Hall–Kier alpha value is -2.02. The summed E-state index contributed by atoms with van der Waals surface area (Å²) in [5.41, 5.74) is 3.74. The van der Waals surface area contributed by atoms with Crippen LogP contribution in [0.1, 0.15) is 11.1 Å². The minimum Gasteiger partial charge on any atom is -0.308 e. The molecule has 0 N–H and O–H groups in total. The normalized spacial score (nSPS) is 11.5. The van der Waals surface area contributed by atoms with Crippen LogP contribution in [-0.4, -0.2) is 51.7 Å². The van der Waals surface area contributed by atoms with E-state index in [2.05, 4.69) is 75.1 Å². The molecule has 24 heavy (non-hydrogen) atoms. The van der Waals surface area contributed by atoms with Crippen LogP contribution in [-0.2, 0) is 13.1 Å². The van der Waals surface area contributed by atoms with E-state index in [9.17, 15) is 0 Å². The molecule has 126 valence electrons. The van der Waals surface area contributed by atoms with Crippen molar-refractivity contribution in [1.82, 2.24) is 24.6 Å². The van der Waals surface area contributed by atoms with E-state index in [1.807, 2.05) is 0 Å². The lowest BCUT2D eigenvalue weighted by Gasteiger charge is -2.24. The zero-order valence-electron chi connectivity index (χ0n) is 14.2. The molecule has 0 unspecified atom stereocenters. The zero-order chi connectivity index (χ0) is 16.8. The third kappa shape index (κ3) is 4.74. The molecule has 6 heteroatoms. The van der Waals surface area contributed by atoms with E-state index in [-0.39, 0.29) is 0 Å². The van der Waals surface area contributed by atoms with E-state index in [4.69, 9.17) is 0 Å². The first-order chi connectivity index (χ1) is 11.7. The highest BCUT2D eigenvalue weighted by atomic mass is 32.1. The van der Waals surface area contributed by atoms with Crippen molar-refractivity contribution in [2.24, 2.45) is 0 Å². The van der Waals surface area contributed by atoms with Crippen LogP contribution in [0.5, 0.6) is 0 Å². The fourth-order valence-corrected chi connectivity index (χ4v) is 3.21. The molecule has 0 saturated heterocycles. The Balaban J connectivity index is 1.66. The van der Waals surface area contributed by atoms with Crippen molar-refractivity contribution < 1.29 is 0 Å². The Morgan fingerprint density at radius 1 is 1.00 bits per heavy atom. The molecule has 3 rings (SSSR count). The summed E-state index contributed by atoms with van der Waals surface area (Å²) in [5, 5.41) is 8.54. The molecule has 5 nitrogen and oxygen atoms in total. The number of hydrogen-bond acceptors (Lipinski definition) is 5. The standard InChI is InChI=1S/C18H23N5S/c1-21(2)8-9-22(12-17-7-10-24-13-17)11-16-3-5-18(6-4-16)23-15-19-14-20-23/h3-7,10,13-15H,8-9,11-12H2,1-2H3. The van der Waals surface area contributed by atoms with Gasteiger partial charge < -0.3 is 4.90 Å². The van der Waals surface area contributed by atoms with Crippen molar-refractivity contribution in [3.05, 3.63) is 64.9 Å². The molecule has 0 aliphatic rings. The average Bonchev–Trinajstić information content (AvgIpc) is 3.27. The van der Waals surface area contributed by atoms with Crippen molar-refractivity contribution >= 4 is 11.3 Å². The quantitative estimate of drug-likeness (QED) is 0.631. The Labute approximate surface area is 147 Å². The molecule has 0 atom stereocenters. The van der Waals surface area contributed by atoms with Gasteiger partial charge in [-0.3, -0.25) is 4.90 Å². The number of nitrogens with zero attached hydrogens (tertiary/aromatic N) is 5. The first-order valence-electron chi connectivity index (χ1n) is 8.03. The lowest BCUT2D eigenvalue weighted by atomic mass is 10.2. The van der Waals surface area contributed by atoms with E-state index < -0.39 is 0 Å². The molecule has 0 spiro atoms. The van der Waals surface area contributed by atoms with Crippen LogP contribution in [0, 0.1) is 0 Å². The SMILES string of the molecule is CN(C)CCN(Cc1ccc(-n2cncn2)cc1)Cc1ccsc1. The second kappa shape index (κ2) is 8.19. The fraction of sp³-hybridized carbons (Fsp3) is 0.333. The Bertz CT molecular complexity index is 704. The smallest absolute Gasteiger partial charge is 0.138 e. The van der Waals surface area contributed by atoms with E-state index in [0.717, 1.165) is 31.9 Å². The van der Waals surface area contributed by atoms with E-state index >= 15 is 0 Å². The predicted octanol–water partition coefficient (Wildman–Crippen LogP) is 2.89. The van der Waals surface area contributed by atoms with Crippen LogP contribution in [0.3, 0.4) is 0 Å². The van der Waals surface area contributed by atoms with Crippen molar-refractivity contribution in [2.45, 2.75) is 13.1 Å². The zero-order valence-corrected chi connectivity index (χ0v) is 15.0. The minimum atomic E-state index is 0.946. The summed E-state index contributed by atoms with van der Waals surface area (Å²) in [4.78, 5) is 8.72. The molecule has 2 aromatic heterocycles. The van der Waals surface area contributed by atoms with Crippen LogP contribution < -0.4 is 0 Å². The summed E-state index contributed by atoms with van der Waals surface area (Å²) in [6, 6.07) is 10.7. The second-order valence-corrected chi connectivity index (χ2v) is 6.93. The van der Waals surface area contributed by atoms with Gasteiger partial charge in [-0.1, -0.05) is 12.1 Å². The molecule has 0 aliphatic heterocycles. The Morgan fingerprint density at radius 3 is 2.42 bits per heavy atom. The maximum Gasteiger partial charge on any atom is 0.138 e. The van der Waals surface area contributed by atoms with Gasteiger partial charge in [0, 0.05) is 26.2 Å². The number of likely N-dealkylation sites (N-methyl/N-ethyl adjacent to an activating group) is 1. The van der Waals surface area contributed by atoms with Crippen LogP contribution in [0.15, 0.2) is 53.7 Å². The van der Waals surface area contributed by atoms with Gasteiger partial charge in [-0.15, -0.1) is 0 Å². The van der Waals surface area contributed by atoms with Crippen LogP contribution in [0.2, 0.25) is 0 Å². The largest absolute Gasteiger partial charge is 0.308 e. The maximum atomic E-state index is 4.17. The molecule has 3 aromatic rings. The molecule has 0 fully saturated rings. The van der Waals surface area contributed by atoms with Crippen LogP contribution in [0.4, 0.5) is 0 Å². The summed E-state index contributed by atoms with van der Waals surface area (Å²) in [7, 11) is 4.24. The van der Waals surface area contributed by atoms with Gasteiger partial charge in [0.1, 0.15) is 12.7 Å². The highest BCUT2D eigenvalue weighted by molar-refractivity contribution is 7.07. The molecule has 0 radical (unpaired) electrons. The van der Waals surface area contributed by atoms with Crippen molar-refractivity contribution in [2.75, 3.05) is 27.2 Å². The van der Waals surface area contributed by atoms with Gasteiger partial charge >= 0.3 is 0 Å². The summed E-state index contributed by atoms with van der Waals surface area (Å²) >= 11 is 1.76. The lowest BCUT2D eigenvalue weighted by molar-refractivity contribution is 0.226. The van der Waals surface area contributed by atoms with Gasteiger partial charge in [-0.05, 0) is 54.2 Å². The molecule has 0 aliphatic carbocycles. The molecule has 0 amide bonds. The second-order valence-electron chi connectivity index (χ2n) is 6.15. The number of benzene rings is 1. The van der Waals surface area contributed by atoms with Crippen LogP contribution >= 0.6 is 11.3 Å². The first kappa shape index (κ1) is 16.8. The number of rotatable bonds is 8. The third-order valence-electron chi connectivity index (χ3n) is 3.88. The molecule has 0 bridgehead atoms. The summed E-state index contributed by atoms with van der Waals surface area (Å²) in [6.45, 7) is 4.04.